The lowest BCUT2D eigenvalue weighted by Crippen LogP contribution is -2.34. The van der Waals surface area contributed by atoms with Crippen LogP contribution in [0.1, 0.15) is 36.1 Å². The molecule has 124 valence electrons. The number of carbonyl (C=O) groups excluding carboxylic acids is 1. The summed E-state index contributed by atoms with van der Waals surface area (Å²) in [5.74, 6) is 0.320. The molecule has 0 bridgehead atoms. The SMILES string of the molecule is Cc1sc2nc(SCC(=O)NC3CCCC3)n(C)c(=O)c2c1C. The number of nitrogens with one attached hydrogen (secondary N) is 1. The van der Waals surface area contributed by atoms with Crippen molar-refractivity contribution in [2.45, 2.75) is 50.7 Å². The fourth-order valence-corrected chi connectivity index (χ4v) is 4.81. The maximum absolute atomic E-state index is 12.5. The number of hydrogen-bond acceptors (Lipinski definition) is 5. The second-order valence-corrected chi connectivity index (χ2v) is 8.21. The Morgan fingerprint density at radius 2 is 2.09 bits per heavy atom. The predicted molar refractivity (Wildman–Crippen MR) is 95.5 cm³/mol. The van der Waals surface area contributed by atoms with Crippen LogP contribution in [-0.2, 0) is 11.8 Å². The molecular weight excluding hydrogens is 330 g/mol. The van der Waals surface area contributed by atoms with Gasteiger partial charge in [-0.3, -0.25) is 14.2 Å². The number of aromatic nitrogens is 2. The third-order valence-electron chi connectivity index (χ3n) is 4.42. The van der Waals surface area contributed by atoms with E-state index < -0.39 is 0 Å². The van der Waals surface area contributed by atoms with Gasteiger partial charge in [-0.15, -0.1) is 11.3 Å². The molecule has 1 amide bonds. The van der Waals surface area contributed by atoms with Crippen LogP contribution in [0.2, 0.25) is 0 Å². The van der Waals surface area contributed by atoms with E-state index >= 15 is 0 Å². The Balaban J connectivity index is 1.76. The average molecular weight is 351 g/mol. The summed E-state index contributed by atoms with van der Waals surface area (Å²) in [7, 11) is 1.72. The van der Waals surface area contributed by atoms with Crippen LogP contribution in [0, 0.1) is 13.8 Å². The minimum absolute atomic E-state index is 0.0230. The van der Waals surface area contributed by atoms with Crippen LogP contribution in [0.15, 0.2) is 9.95 Å². The van der Waals surface area contributed by atoms with Gasteiger partial charge in [-0.1, -0.05) is 24.6 Å². The number of hydrogen-bond donors (Lipinski definition) is 1. The van der Waals surface area contributed by atoms with Gasteiger partial charge >= 0.3 is 0 Å². The third-order valence-corrected chi connectivity index (χ3v) is 6.55. The maximum atomic E-state index is 12.5. The van der Waals surface area contributed by atoms with Gasteiger partial charge < -0.3 is 5.32 Å². The molecule has 0 saturated heterocycles. The lowest BCUT2D eigenvalue weighted by Gasteiger charge is -2.12. The van der Waals surface area contributed by atoms with Crippen molar-refractivity contribution in [3.05, 3.63) is 20.8 Å². The van der Waals surface area contributed by atoms with Crippen molar-refractivity contribution >= 4 is 39.2 Å². The Kier molecular flexibility index (Phi) is 4.77. The fraction of sp³-hybridized carbons (Fsp3) is 0.562. The van der Waals surface area contributed by atoms with Crippen LogP contribution >= 0.6 is 23.1 Å². The van der Waals surface area contributed by atoms with Crippen LogP contribution in [0.5, 0.6) is 0 Å². The first kappa shape index (κ1) is 16.5. The summed E-state index contributed by atoms with van der Waals surface area (Å²) in [4.78, 5) is 31.0. The van der Waals surface area contributed by atoms with E-state index in [0.29, 0.717) is 22.3 Å². The van der Waals surface area contributed by atoms with Crippen molar-refractivity contribution in [3.8, 4) is 0 Å². The van der Waals surface area contributed by atoms with Crippen LogP contribution in [0.4, 0.5) is 0 Å². The molecule has 7 heteroatoms. The van der Waals surface area contributed by atoms with E-state index in [1.807, 2.05) is 13.8 Å². The van der Waals surface area contributed by atoms with E-state index in [4.69, 9.17) is 0 Å². The normalized spacial score (nSPS) is 15.4. The molecule has 0 spiro atoms. The van der Waals surface area contributed by atoms with Gasteiger partial charge in [-0.25, -0.2) is 4.98 Å². The van der Waals surface area contributed by atoms with Gasteiger partial charge in [0.15, 0.2) is 5.16 Å². The summed E-state index contributed by atoms with van der Waals surface area (Å²) in [6.07, 6.45) is 4.55. The highest BCUT2D eigenvalue weighted by Crippen LogP contribution is 2.28. The summed E-state index contributed by atoms with van der Waals surface area (Å²) in [5.41, 5.74) is 0.976. The van der Waals surface area contributed by atoms with Gasteiger partial charge in [0.05, 0.1) is 11.1 Å². The fourth-order valence-electron chi connectivity index (χ4n) is 2.95. The van der Waals surface area contributed by atoms with Gasteiger partial charge in [-0.2, -0.15) is 0 Å². The zero-order chi connectivity index (χ0) is 16.6. The number of thiophene rings is 1. The smallest absolute Gasteiger partial charge is 0.262 e. The van der Waals surface area contributed by atoms with Crippen LogP contribution in [-0.4, -0.2) is 27.3 Å². The van der Waals surface area contributed by atoms with E-state index in [9.17, 15) is 9.59 Å². The standard InChI is InChI=1S/C16H21N3O2S2/c1-9-10(2)23-14-13(9)15(21)19(3)16(18-14)22-8-12(20)17-11-6-4-5-7-11/h11H,4-8H2,1-3H3,(H,17,20). The van der Waals surface area contributed by atoms with E-state index in [2.05, 4.69) is 10.3 Å². The summed E-state index contributed by atoms with van der Waals surface area (Å²) in [5, 5.41) is 4.37. The number of nitrogens with zero attached hydrogens (tertiary/aromatic N) is 2. The van der Waals surface area contributed by atoms with E-state index in [0.717, 1.165) is 28.1 Å². The van der Waals surface area contributed by atoms with Crippen molar-refractivity contribution < 1.29 is 4.79 Å². The predicted octanol–water partition coefficient (Wildman–Crippen LogP) is 2.76. The molecular formula is C16H21N3O2S2. The van der Waals surface area contributed by atoms with Crippen LogP contribution in [0.3, 0.4) is 0 Å². The first-order valence-electron chi connectivity index (χ1n) is 7.86. The van der Waals surface area contributed by atoms with Gasteiger partial charge in [0, 0.05) is 18.0 Å². The lowest BCUT2D eigenvalue weighted by atomic mass is 10.2. The Bertz CT molecular complexity index is 804. The van der Waals surface area contributed by atoms with E-state index in [1.54, 1.807) is 11.6 Å². The highest BCUT2D eigenvalue weighted by atomic mass is 32.2. The summed E-state index contributed by atoms with van der Waals surface area (Å²) in [6.45, 7) is 3.96. The topological polar surface area (TPSA) is 64.0 Å². The van der Waals surface area contributed by atoms with Crippen LogP contribution in [0.25, 0.3) is 10.2 Å². The maximum Gasteiger partial charge on any atom is 0.262 e. The lowest BCUT2D eigenvalue weighted by molar-refractivity contribution is -0.119. The molecule has 1 aliphatic carbocycles. The number of carbonyl (C=O) groups is 1. The van der Waals surface area contributed by atoms with Gasteiger partial charge in [0.2, 0.25) is 5.91 Å². The summed E-state index contributed by atoms with van der Waals surface area (Å²) >= 11 is 2.87. The number of amides is 1. The Labute approximate surface area is 143 Å². The first-order chi connectivity index (χ1) is 11.0. The minimum Gasteiger partial charge on any atom is -0.353 e. The van der Waals surface area contributed by atoms with Crippen molar-refractivity contribution in [1.29, 1.82) is 0 Å². The van der Waals surface area contributed by atoms with Crippen molar-refractivity contribution in [2.24, 2.45) is 7.05 Å². The molecule has 23 heavy (non-hydrogen) atoms. The second-order valence-electron chi connectivity index (χ2n) is 6.06. The Hall–Kier alpha value is -1.34. The molecule has 1 aliphatic rings. The molecule has 2 heterocycles. The summed E-state index contributed by atoms with van der Waals surface area (Å²) < 4.78 is 1.55. The molecule has 1 saturated carbocycles. The molecule has 0 radical (unpaired) electrons. The van der Waals surface area contributed by atoms with Gasteiger partial charge in [0.25, 0.3) is 5.56 Å². The zero-order valence-electron chi connectivity index (χ0n) is 13.6. The number of aryl methyl sites for hydroxylation is 2. The molecule has 5 nitrogen and oxygen atoms in total. The number of rotatable bonds is 4. The molecule has 3 rings (SSSR count). The molecule has 0 aromatic carbocycles. The van der Waals surface area contributed by atoms with Crippen LogP contribution < -0.4 is 10.9 Å². The Morgan fingerprint density at radius 3 is 2.78 bits per heavy atom. The van der Waals surface area contributed by atoms with Gasteiger partial charge in [-0.05, 0) is 32.3 Å². The van der Waals surface area contributed by atoms with E-state index in [-0.39, 0.29) is 11.5 Å². The minimum atomic E-state index is -0.0319. The highest BCUT2D eigenvalue weighted by Gasteiger charge is 2.19. The summed E-state index contributed by atoms with van der Waals surface area (Å²) in [6, 6.07) is 0.324. The molecule has 0 unspecified atom stereocenters. The number of thioether (sulfide) groups is 1. The second kappa shape index (κ2) is 6.65. The molecule has 1 fully saturated rings. The Morgan fingerprint density at radius 1 is 1.39 bits per heavy atom. The average Bonchev–Trinajstić information content (AvgIpc) is 3.10. The van der Waals surface area contributed by atoms with E-state index in [1.165, 1.54) is 35.9 Å². The molecule has 0 aliphatic heterocycles. The molecule has 0 atom stereocenters. The van der Waals surface area contributed by atoms with Crippen molar-refractivity contribution in [2.75, 3.05) is 5.75 Å². The quantitative estimate of drug-likeness (QED) is 0.679. The molecule has 1 N–H and O–H groups in total. The third kappa shape index (κ3) is 3.30. The number of fused-ring (bicyclic) bond motifs is 1. The largest absolute Gasteiger partial charge is 0.353 e. The molecule has 2 aromatic heterocycles. The zero-order valence-corrected chi connectivity index (χ0v) is 15.3. The van der Waals surface area contributed by atoms with Crippen molar-refractivity contribution in [1.82, 2.24) is 14.9 Å². The molecule has 2 aromatic rings. The first-order valence-corrected chi connectivity index (χ1v) is 9.66. The highest BCUT2D eigenvalue weighted by molar-refractivity contribution is 7.99. The van der Waals surface area contributed by atoms with Gasteiger partial charge in [0.1, 0.15) is 4.83 Å². The monoisotopic (exact) mass is 351 g/mol. The van der Waals surface area contributed by atoms with Crippen molar-refractivity contribution in [3.63, 3.8) is 0 Å².